The molecule has 1 fully saturated rings. The second-order valence-electron chi connectivity index (χ2n) is 6.96. The predicted molar refractivity (Wildman–Crippen MR) is 125 cm³/mol. The molecule has 0 spiro atoms. The molecule has 3 rings (SSSR count). The van der Waals surface area contributed by atoms with Gasteiger partial charge in [-0.1, -0.05) is 30.3 Å². The van der Waals surface area contributed by atoms with E-state index in [0.29, 0.717) is 24.8 Å². The second-order valence-corrected chi connectivity index (χ2v) is 6.96. The Morgan fingerprint density at radius 1 is 1.28 bits per heavy atom. The number of amides is 1. The molecule has 29 heavy (non-hydrogen) atoms. The highest BCUT2D eigenvalue weighted by Crippen LogP contribution is 2.22. The smallest absolute Gasteiger partial charge is 0.220 e. The number of hydrogen-bond acceptors (Lipinski definition) is 4. The maximum atomic E-state index is 11.6. The molecule has 1 amide bonds. The Morgan fingerprint density at radius 3 is 2.66 bits per heavy atom. The SMILES string of the molecule is CCNC(=NCc1ncc(-c2ccccc2)o1)N1CCC(CC(=O)NC)CC1.I. The van der Waals surface area contributed by atoms with Crippen molar-refractivity contribution in [2.24, 2.45) is 10.9 Å². The molecule has 8 heteroatoms. The lowest BCUT2D eigenvalue weighted by atomic mass is 9.93. The van der Waals surface area contributed by atoms with E-state index in [1.54, 1.807) is 13.2 Å². The third-order valence-electron chi connectivity index (χ3n) is 4.98. The molecule has 7 nitrogen and oxygen atoms in total. The van der Waals surface area contributed by atoms with E-state index in [1.165, 1.54) is 0 Å². The fourth-order valence-corrected chi connectivity index (χ4v) is 3.40. The van der Waals surface area contributed by atoms with E-state index in [-0.39, 0.29) is 29.9 Å². The minimum absolute atomic E-state index is 0. The first-order valence-electron chi connectivity index (χ1n) is 9.93. The maximum Gasteiger partial charge on any atom is 0.220 e. The Bertz CT molecular complexity index is 785. The van der Waals surface area contributed by atoms with E-state index in [0.717, 1.165) is 49.8 Å². The first-order chi connectivity index (χ1) is 13.7. The average molecular weight is 511 g/mol. The fourth-order valence-electron chi connectivity index (χ4n) is 3.40. The fraction of sp³-hybridized carbons (Fsp3) is 0.476. The zero-order valence-corrected chi connectivity index (χ0v) is 19.4. The maximum absolute atomic E-state index is 11.6. The molecule has 2 N–H and O–H groups in total. The lowest BCUT2D eigenvalue weighted by Crippen LogP contribution is -2.46. The molecule has 1 aromatic heterocycles. The van der Waals surface area contributed by atoms with Crippen LogP contribution in [0.15, 0.2) is 45.9 Å². The largest absolute Gasteiger partial charge is 0.439 e. The van der Waals surface area contributed by atoms with Crippen LogP contribution in [0.2, 0.25) is 0 Å². The number of nitrogens with zero attached hydrogens (tertiary/aromatic N) is 3. The van der Waals surface area contributed by atoms with Crippen molar-refractivity contribution in [1.82, 2.24) is 20.5 Å². The molecule has 1 saturated heterocycles. The van der Waals surface area contributed by atoms with Crippen molar-refractivity contribution >= 4 is 35.8 Å². The summed E-state index contributed by atoms with van der Waals surface area (Å²) in [6, 6.07) is 9.94. The van der Waals surface area contributed by atoms with E-state index in [1.807, 2.05) is 30.3 Å². The van der Waals surface area contributed by atoms with Gasteiger partial charge in [0.05, 0.1) is 6.20 Å². The molecular weight excluding hydrogens is 481 g/mol. The highest BCUT2D eigenvalue weighted by Gasteiger charge is 2.23. The van der Waals surface area contributed by atoms with Crippen molar-refractivity contribution in [2.75, 3.05) is 26.7 Å². The van der Waals surface area contributed by atoms with Crippen LogP contribution in [0.25, 0.3) is 11.3 Å². The van der Waals surface area contributed by atoms with E-state index in [2.05, 4.69) is 27.4 Å². The van der Waals surface area contributed by atoms with E-state index < -0.39 is 0 Å². The van der Waals surface area contributed by atoms with Crippen LogP contribution in [-0.4, -0.2) is 48.4 Å². The van der Waals surface area contributed by atoms with E-state index >= 15 is 0 Å². The summed E-state index contributed by atoms with van der Waals surface area (Å²) in [6.07, 6.45) is 4.35. The number of aliphatic imine (C=N–C) groups is 1. The Kier molecular flexibility index (Phi) is 9.43. The summed E-state index contributed by atoms with van der Waals surface area (Å²) in [6.45, 7) is 5.06. The summed E-state index contributed by atoms with van der Waals surface area (Å²) in [5.74, 6) is 2.80. The van der Waals surface area contributed by atoms with Crippen LogP contribution in [-0.2, 0) is 11.3 Å². The van der Waals surface area contributed by atoms with Crippen LogP contribution in [0.3, 0.4) is 0 Å². The van der Waals surface area contributed by atoms with Gasteiger partial charge in [-0.05, 0) is 25.7 Å². The monoisotopic (exact) mass is 511 g/mol. The zero-order valence-electron chi connectivity index (χ0n) is 17.1. The van der Waals surface area contributed by atoms with Gasteiger partial charge < -0.3 is 20.0 Å². The van der Waals surface area contributed by atoms with Gasteiger partial charge in [-0.15, -0.1) is 24.0 Å². The van der Waals surface area contributed by atoms with Gasteiger partial charge in [-0.3, -0.25) is 4.79 Å². The summed E-state index contributed by atoms with van der Waals surface area (Å²) < 4.78 is 5.85. The minimum Gasteiger partial charge on any atom is -0.439 e. The standard InChI is InChI=1S/C21H29N5O2.HI/c1-3-23-21(26-11-9-16(10-12-26)13-19(27)22-2)25-15-20-24-14-18(28-20)17-7-5-4-6-8-17;/h4-8,14,16H,3,9-13,15H2,1-2H3,(H,22,27)(H,23,25);1H. The van der Waals surface area contributed by atoms with Gasteiger partial charge in [0.1, 0.15) is 6.54 Å². The first-order valence-corrected chi connectivity index (χ1v) is 9.93. The summed E-state index contributed by atoms with van der Waals surface area (Å²) in [5, 5.41) is 6.07. The number of carbonyl (C=O) groups excluding carboxylic acids is 1. The number of piperidine rings is 1. The quantitative estimate of drug-likeness (QED) is 0.354. The van der Waals surface area contributed by atoms with Crippen molar-refractivity contribution in [2.45, 2.75) is 32.7 Å². The average Bonchev–Trinajstić information content (AvgIpc) is 3.21. The van der Waals surface area contributed by atoms with Crippen LogP contribution in [0.4, 0.5) is 0 Å². The molecule has 0 unspecified atom stereocenters. The molecule has 0 atom stereocenters. The number of nitrogens with one attached hydrogen (secondary N) is 2. The molecule has 1 aromatic carbocycles. The normalized spacial score (nSPS) is 15.0. The Morgan fingerprint density at radius 2 is 2.00 bits per heavy atom. The van der Waals surface area contributed by atoms with Gasteiger partial charge in [-0.2, -0.15) is 0 Å². The van der Waals surface area contributed by atoms with Crippen LogP contribution < -0.4 is 10.6 Å². The molecule has 0 bridgehead atoms. The molecule has 1 aliphatic rings. The van der Waals surface area contributed by atoms with Crippen molar-refractivity contribution < 1.29 is 9.21 Å². The predicted octanol–water partition coefficient (Wildman–Crippen LogP) is 3.27. The number of hydrogen-bond donors (Lipinski definition) is 2. The summed E-state index contributed by atoms with van der Waals surface area (Å²) >= 11 is 0. The van der Waals surface area contributed by atoms with Crippen molar-refractivity contribution in [3.8, 4) is 11.3 Å². The molecule has 0 saturated carbocycles. The van der Waals surface area contributed by atoms with Crippen molar-refractivity contribution in [3.63, 3.8) is 0 Å². The number of guanidine groups is 1. The summed E-state index contributed by atoms with van der Waals surface area (Å²) in [5.41, 5.74) is 1.01. The zero-order chi connectivity index (χ0) is 19.8. The van der Waals surface area contributed by atoms with Crippen molar-refractivity contribution in [3.05, 3.63) is 42.4 Å². The van der Waals surface area contributed by atoms with Gasteiger partial charge in [0.2, 0.25) is 11.8 Å². The van der Waals surface area contributed by atoms with Gasteiger partial charge >= 0.3 is 0 Å². The van der Waals surface area contributed by atoms with Crippen LogP contribution in [0.1, 0.15) is 32.1 Å². The number of benzene rings is 1. The highest BCUT2D eigenvalue weighted by molar-refractivity contribution is 14.0. The topological polar surface area (TPSA) is 82.8 Å². The lowest BCUT2D eigenvalue weighted by molar-refractivity contribution is -0.121. The van der Waals surface area contributed by atoms with Gasteiger partial charge in [0, 0.05) is 38.7 Å². The number of likely N-dealkylation sites (tertiary alicyclic amines) is 1. The van der Waals surface area contributed by atoms with Gasteiger partial charge in [-0.25, -0.2) is 9.98 Å². The second kappa shape index (κ2) is 11.8. The first kappa shape index (κ1) is 23.2. The number of carbonyl (C=O) groups is 1. The third kappa shape index (κ3) is 6.73. The number of rotatable bonds is 6. The Labute approximate surface area is 189 Å². The van der Waals surface area contributed by atoms with Crippen LogP contribution in [0.5, 0.6) is 0 Å². The molecule has 0 radical (unpaired) electrons. The highest BCUT2D eigenvalue weighted by atomic mass is 127. The summed E-state index contributed by atoms with van der Waals surface area (Å²) in [7, 11) is 1.69. The molecule has 2 heterocycles. The molecule has 158 valence electrons. The number of halogens is 1. The Balaban J connectivity index is 0.00000300. The molecule has 1 aliphatic heterocycles. The minimum atomic E-state index is 0. The third-order valence-corrected chi connectivity index (χ3v) is 4.98. The lowest BCUT2D eigenvalue weighted by Gasteiger charge is -2.34. The van der Waals surface area contributed by atoms with Gasteiger partial charge in [0.15, 0.2) is 11.7 Å². The van der Waals surface area contributed by atoms with E-state index in [9.17, 15) is 4.79 Å². The van der Waals surface area contributed by atoms with E-state index in [4.69, 9.17) is 9.41 Å². The number of aromatic nitrogens is 1. The van der Waals surface area contributed by atoms with Gasteiger partial charge in [0.25, 0.3) is 0 Å². The molecule has 0 aliphatic carbocycles. The molecular formula is C21H30IN5O2. The molecule has 2 aromatic rings. The number of oxazole rings is 1. The van der Waals surface area contributed by atoms with Crippen LogP contribution in [0, 0.1) is 5.92 Å². The van der Waals surface area contributed by atoms with Crippen LogP contribution >= 0.6 is 24.0 Å². The van der Waals surface area contributed by atoms with Crippen molar-refractivity contribution in [1.29, 1.82) is 0 Å². The Hall–Kier alpha value is -2.10. The summed E-state index contributed by atoms with van der Waals surface area (Å²) in [4.78, 5) is 22.9.